The van der Waals surface area contributed by atoms with Crippen molar-refractivity contribution < 1.29 is 24.6 Å². The van der Waals surface area contributed by atoms with Crippen LogP contribution in [0.4, 0.5) is 0 Å². The highest BCUT2D eigenvalue weighted by Gasteiger charge is 2.30. The van der Waals surface area contributed by atoms with Crippen LogP contribution in [0, 0.1) is 5.92 Å². The predicted octanol–water partition coefficient (Wildman–Crippen LogP) is 2.50. The third-order valence-electron chi connectivity index (χ3n) is 4.90. The molecule has 0 radical (unpaired) electrons. The van der Waals surface area contributed by atoms with Gasteiger partial charge in [0.2, 0.25) is 5.91 Å². The van der Waals surface area contributed by atoms with E-state index in [1.807, 2.05) is 74.5 Å². The van der Waals surface area contributed by atoms with Crippen molar-refractivity contribution >= 4 is 17.8 Å². The molecule has 2 rings (SSSR count). The van der Waals surface area contributed by atoms with E-state index in [-0.39, 0.29) is 25.2 Å². The first-order chi connectivity index (χ1) is 14.8. The second-order valence-electron chi connectivity index (χ2n) is 8.02. The standard InChI is InChI=1S/C24H30N2O5/c1-16(2)13-20(23(28)29)26-22(27)19(14-17-9-5-3-6-10-17)25-21(24(30)31)15-18-11-7-4-8-12-18/h3-12,16,19-21,25H,13-15H2,1-2H3,(H,26,27)(H,28,29)(H,30,31)/t19-,20-,21?/m0/s1. The van der Waals surface area contributed by atoms with E-state index in [2.05, 4.69) is 10.6 Å². The fraction of sp³-hybridized carbons (Fsp3) is 0.375. The lowest BCUT2D eigenvalue weighted by molar-refractivity contribution is -0.143. The Morgan fingerprint density at radius 1 is 0.742 bits per heavy atom. The van der Waals surface area contributed by atoms with Crippen molar-refractivity contribution in [3.05, 3.63) is 71.8 Å². The van der Waals surface area contributed by atoms with Gasteiger partial charge in [-0.3, -0.25) is 14.9 Å². The molecule has 166 valence electrons. The molecule has 1 amide bonds. The Hall–Kier alpha value is -3.19. The van der Waals surface area contributed by atoms with Gasteiger partial charge in [0.15, 0.2) is 0 Å². The van der Waals surface area contributed by atoms with E-state index in [4.69, 9.17) is 0 Å². The number of rotatable bonds is 12. The summed E-state index contributed by atoms with van der Waals surface area (Å²) in [5.41, 5.74) is 1.67. The minimum atomic E-state index is -1.11. The van der Waals surface area contributed by atoms with Gasteiger partial charge in [0.1, 0.15) is 12.1 Å². The third kappa shape index (κ3) is 8.22. The number of benzene rings is 2. The first-order valence-electron chi connectivity index (χ1n) is 10.4. The molecule has 0 heterocycles. The summed E-state index contributed by atoms with van der Waals surface area (Å²) in [5.74, 6) is -2.64. The lowest BCUT2D eigenvalue weighted by Gasteiger charge is -2.25. The lowest BCUT2D eigenvalue weighted by atomic mass is 10.00. The molecular formula is C24H30N2O5. The highest BCUT2D eigenvalue weighted by atomic mass is 16.4. The van der Waals surface area contributed by atoms with Crippen molar-refractivity contribution in [1.82, 2.24) is 10.6 Å². The van der Waals surface area contributed by atoms with Gasteiger partial charge >= 0.3 is 11.9 Å². The van der Waals surface area contributed by atoms with Crippen LogP contribution in [0.2, 0.25) is 0 Å². The second-order valence-corrected chi connectivity index (χ2v) is 8.02. The molecule has 31 heavy (non-hydrogen) atoms. The van der Waals surface area contributed by atoms with Crippen LogP contribution in [0.5, 0.6) is 0 Å². The maximum atomic E-state index is 13.0. The zero-order valence-electron chi connectivity index (χ0n) is 17.8. The second kappa shape index (κ2) is 11.9. The van der Waals surface area contributed by atoms with Crippen molar-refractivity contribution in [2.75, 3.05) is 0 Å². The summed E-state index contributed by atoms with van der Waals surface area (Å²) in [4.78, 5) is 36.5. The van der Waals surface area contributed by atoms with Gasteiger partial charge in [-0.1, -0.05) is 74.5 Å². The van der Waals surface area contributed by atoms with E-state index >= 15 is 0 Å². The maximum absolute atomic E-state index is 13.0. The zero-order valence-corrected chi connectivity index (χ0v) is 17.8. The topological polar surface area (TPSA) is 116 Å². The number of hydrogen-bond acceptors (Lipinski definition) is 4. The Kier molecular flexibility index (Phi) is 9.21. The first-order valence-corrected chi connectivity index (χ1v) is 10.4. The molecule has 0 aliphatic carbocycles. The summed E-state index contributed by atoms with van der Waals surface area (Å²) in [6, 6.07) is 15.4. The molecule has 0 bridgehead atoms. The van der Waals surface area contributed by atoms with E-state index in [1.165, 1.54) is 0 Å². The molecule has 0 fully saturated rings. The van der Waals surface area contributed by atoms with Gasteiger partial charge in [-0.25, -0.2) is 4.79 Å². The van der Waals surface area contributed by atoms with Crippen molar-refractivity contribution in [1.29, 1.82) is 0 Å². The fourth-order valence-electron chi connectivity index (χ4n) is 3.35. The molecule has 3 atom stereocenters. The lowest BCUT2D eigenvalue weighted by Crippen LogP contribution is -2.55. The highest BCUT2D eigenvalue weighted by Crippen LogP contribution is 2.10. The zero-order chi connectivity index (χ0) is 22.8. The monoisotopic (exact) mass is 426 g/mol. The molecular weight excluding hydrogens is 396 g/mol. The van der Waals surface area contributed by atoms with Crippen molar-refractivity contribution in [2.45, 2.75) is 51.2 Å². The average molecular weight is 427 g/mol. The summed E-state index contributed by atoms with van der Waals surface area (Å²) >= 11 is 0. The van der Waals surface area contributed by atoms with Gasteiger partial charge in [0.05, 0.1) is 6.04 Å². The summed E-state index contributed by atoms with van der Waals surface area (Å²) in [6.07, 6.45) is 0.716. The Morgan fingerprint density at radius 3 is 1.61 bits per heavy atom. The molecule has 0 aromatic heterocycles. The maximum Gasteiger partial charge on any atom is 0.326 e. The van der Waals surface area contributed by atoms with Crippen LogP contribution in [0.15, 0.2) is 60.7 Å². The number of nitrogens with one attached hydrogen (secondary N) is 2. The highest BCUT2D eigenvalue weighted by molar-refractivity contribution is 5.87. The van der Waals surface area contributed by atoms with Crippen LogP contribution in [0.3, 0.4) is 0 Å². The smallest absolute Gasteiger partial charge is 0.326 e. The Bertz CT molecular complexity index is 855. The fourth-order valence-corrected chi connectivity index (χ4v) is 3.35. The normalized spacial score (nSPS) is 13.9. The summed E-state index contributed by atoms with van der Waals surface area (Å²) < 4.78 is 0. The Balaban J connectivity index is 2.22. The Labute approximate surface area is 182 Å². The molecule has 4 N–H and O–H groups in total. The molecule has 7 nitrogen and oxygen atoms in total. The third-order valence-corrected chi connectivity index (χ3v) is 4.90. The van der Waals surface area contributed by atoms with E-state index in [0.717, 1.165) is 11.1 Å². The van der Waals surface area contributed by atoms with Crippen LogP contribution < -0.4 is 10.6 Å². The molecule has 0 aliphatic rings. The van der Waals surface area contributed by atoms with E-state index < -0.39 is 36.0 Å². The summed E-state index contributed by atoms with van der Waals surface area (Å²) in [6.45, 7) is 3.75. The molecule has 0 spiro atoms. The SMILES string of the molecule is CC(C)C[C@H](NC(=O)[C@H](Cc1ccccc1)NC(Cc1ccccc1)C(=O)O)C(=O)O. The first kappa shape index (κ1) is 24.1. The molecule has 0 saturated heterocycles. The summed E-state index contributed by atoms with van der Waals surface area (Å²) in [5, 5.41) is 24.7. The molecule has 2 aromatic carbocycles. The molecule has 0 saturated carbocycles. The average Bonchev–Trinajstić information content (AvgIpc) is 2.73. The van der Waals surface area contributed by atoms with Crippen molar-refractivity contribution in [3.63, 3.8) is 0 Å². The van der Waals surface area contributed by atoms with Crippen LogP contribution in [0.1, 0.15) is 31.4 Å². The van der Waals surface area contributed by atoms with Gasteiger partial charge in [-0.2, -0.15) is 0 Å². The van der Waals surface area contributed by atoms with Crippen LogP contribution in [0.25, 0.3) is 0 Å². The molecule has 2 aromatic rings. The Morgan fingerprint density at radius 2 is 1.19 bits per heavy atom. The molecule has 1 unspecified atom stereocenters. The van der Waals surface area contributed by atoms with E-state index in [9.17, 15) is 24.6 Å². The molecule has 0 aliphatic heterocycles. The summed E-state index contributed by atoms with van der Waals surface area (Å²) in [7, 11) is 0. The van der Waals surface area contributed by atoms with E-state index in [1.54, 1.807) is 0 Å². The van der Waals surface area contributed by atoms with Crippen LogP contribution in [-0.4, -0.2) is 46.2 Å². The number of carbonyl (C=O) groups excluding carboxylic acids is 1. The van der Waals surface area contributed by atoms with Gasteiger partial charge in [-0.15, -0.1) is 0 Å². The number of carboxylic acid groups (broad SMARTS) is 2. The number of aliphatic carboxylic acids is 2. The number of carboxylic acids is 2. The van der Waals surface area contributed by atoms with Gasteiger partial charge in [0.25, 0.3) is 0 Å². The predicted molar refractivity (Wildman–Crippen MR) is 118 cm³/mol. The van der Waals surface area contributed by atoms with Gasteiger partial charge < -0.3 is 15.5 Å². The quantitative estimate of drug-likeness (QED) is 0.414. The van der Waals surface area contributed by atoms with Crippen molar-refractivity contribution in [3.8, 4) is 0 Å². The molecule has 7 heteroatoms. The number of amides is 1. The number of carbonyl (C=O) groups is 3. The number of hydrogen-bond donors (Lipinski definition) is 4. The minimum absolute atomic E-state index is 0.0757. The van der Waals surface area contributed by atoms with Crippen molar-refractivity contribution in [2.24, 2.45) is 5.92 Å². The van der Waals surface area contributed by atoms with E-state index in [0.29, 0.717) is 0 Å². The van der Waals surface area contributed by atoms with Crippen LogP contribution in [-0.2, 0) is 27.2 Å². The van der Waals surface area contributed by atoms with Gasteiger partial charge in [0, 0.05) is 0 Å². The minimum Gasteiger partial charge on any atom is -0.480 e. The largest absolute Gasteiger partial charge is 0.480 e. The van der Waals surface area contributed by atoms with Crippen LogP contribution >= 0.6 is 0 Å². The van der Waals surface area contributed by atoms with Gasteiger partial charge in [-0.05, 0) is 36.3 Å².